The molecule has 0 aliphatic carbocycles. The number of piperidine rings is 1. The highest BCUT2D eigenvalue weighted by Gasteiger charge is 2.21. The van der Waals surface area contributed by atoms with Crippen molar-refractivity contribution in [2.75, 3.05) is 11.4 Å². The van der Waals surface area contributed by atoms with E-state index in [9.17, 15) is 4.79 Å². The molecule has 1 N–H and O–H groups in total. The molecular weight excluding hydrogens is 248 g/mol. The maximum Gasteiger partial charge on any atom is 0.328 e. The Kier molecular flexibility index (Phi) is 4.01. The van der Waals surface area contributed by atoms with Crippen LogP contribution < -0.4 is 4.90 Å². The molecule has 0 amide bonds. The van der Waals surface area contributed by atoms with Gasteiger partial charge in [0.25, 0.3) is 0 Å². The Labute approximate surface area is 111 Å². The molecule has 1 aromatic rings. The summed E-state index contributed by atoms with van der Waals surface area (Å²) in [5.74, 6) is -0.921. The van der Waals surface area contributed by atoms with Crippen molar-refractivity contribution >= 4 is 28.5 Å². The van der Waals surface area contributed by atoms with Crippen LogP contribution in [0.3, 0.4) is 0 Å². The number of carboxylic acid groups (broad SMARTS) is 1. The van der Waals surface area contributed by atoms with Gasteiger partial charge < -0.3 is 10.0 Å². The number of aliphatic carboxylic acids is 1. The fourth-order valence-electron chi connectivity index (χ4n) is 2.20. The standard InChI is InChI=1S/C13H18N2O2S/c1-9-5-3-4-8-15(9)13-14-10(2)11(18-13)6-7-12(16)17/h6-7,9H,3-5,8H2,1-2H3,(H,16,17)/b7-6+. The van der Waals surface area contributed by atoms with Gasteiger partial charge in [0.2, 0.25) is 0 Å². The highest BCUT2D eigenvalue weighted by atomic mass is 32.1. The summed E-state index contributed by atoms with van der Waals surface area (Å²) in [6, 6.07) is 0.528. The summed E-state index contributed by atoms with van der Waals surface area (Å²) in [6.07, 6.45) is 6.51. The summed E-state index contributed by atoms with van der Waals surface area (Å²) >= 11 is 1.58. The van der Waals surface area contributed by atoms with Crippen molar-refractivity contribution in [1.29, 1.82) is 0 Å². The van der Waals surface area contributed by atoms with Gasteiger partial charge in [0.1, 0.15) is 0 Å². The van der Waals surface area contributed by atoms with Gasteiger partial charge in [-0.1, -0.05) is 11.3 Å². The van der Waals surface area contributed by atoms with Crippen LogP contribution in [0.25, 0.3) is 6.08 Å². The summed E-state index contributed by atoms with van der Waals surface area (Å²) in [5, 5.41) is 9.67. The molecule has 1 saturated heterocycles. The van der Waals surface area contributed by atoms with Crippen LogP contribution in [-0.4, -0.2) is 28.6 Å². The zero-order chi connectivity index (χ0) is 13.1. The second kappa shape index (κ2) is 5.52. The third-order valence-electron chi connectivity index (χ3n) is 3.25. The molecule has 0 saturated carbocycles. The van der Waals surface area contributed by atoms with Gasteiger partial charge in [-0.15, -0.1) is 0 Å². The third-order valence-corrected chi connectivity index (χ3v) is 4.41. The number of aromatic nitrogens is 1. The van der Waals surface area contributed by atoms with E-state index in [1.807, 2.05) is 6.92 Å². The van der Waals surface area contributed by atoms with E-state index >= 15 is 0 Å². The summed E-state index contributed by atoms with van der Waals surface area (Å²) < 4.78 is 0. The summed E-state index contributed by atoms with van der Waals surface area (Å²) in [4.78, 5) is 18.4. The minimum absolute atomic E-state index is 0.528. The molecule has 1 unspecified atom stereocenters. The van der Waals surface area contributed by atoms with Crippen LogP contribution in [0, 0.1) is 6.92 Å². The average Bonchev–Trinajstić information content (AvgIpc) is 2.68. The van der Waals surface area contributed by atoms with E-state index in [2.05, 4.69) is 16.8 Å². The molecule has 2 heterocycles. The molecule has 0 radical (unpaired) electrons. The fraction of sp³-hybridized carbons (Fsp3) is 0.538. The number of hydrogen-bond donors (Lipinski definition) is 1. The number of nitrogens with zero attached hydrogens (tertiary/aromatic N) is 2. The highest BCUT2D eigenvalue weighted by Crippen LogP contribution is 2.31. The average molecular weight is 266 g/mol. The lowest BCUT2D eigenvalue weighted by molar-refractivity contribution is -0.131. The predicted molar refractivity (Wildman–Crippen MR) is 74.2 cm³/mol. The molecule has 0 spiro atoms. The van der Waals surface area contributed by atoms with Gasteiger partial charge in [-0.3, -0.25) is 0 Å². The molecule has 0 aromatic carbocycles. The minimum atomic E-state index is -0.921. The first-order valence-electron chi connectivity index (χ1n) is 6.23. The van der Waals surface area contributed by atoms with Crippen molar-refractivity contribution in [3.8, 4) is 0 Å². The van der Waals surface area contributed by atoms with Gasteiger partial charge in [0.15, 0.2) is 5.13 Å². The number of carbonyl (C=O) groups is 1. The van der Waals surface area contributed by atoms with E-state index in [4.69, 9.17) is 5.11 Å². The lowest BCUT2D eigenvalue weighted by atomic mass is 10.1. The first-order chi connectivity index (χ1) is 8.58. The van der Waals surface area contributed by atoms with Crippen LogP contribution in [0.2, 0.25) is 0 Å². The number of carboxylic acids is 1. The van der Waals surface area contributed by atoms with Crippen molar-refractivity contribution in [1.82, 2.24) is 4.98 Å². The van der Waals surface area contributed by atoms with Gasteiger partial charge in [0.05, 0.1) is 10.6 Å². The van der Waals surface area contributed by atoms with E-state index in [0.717, 1.165) is 22.2 Å². The molecule has 18 heavy (non-hydrogen) atoms. The molecule has 1 aliphatic heterocycles. The van der Waals surface area contributed by atoms with Gasteiger partial charge in [-0.05, 0) is 39.2 Å². The van der Waals surface area contributed by atoms with Gasteiger partial charge in [-0.25, -0.2) is 9.78 Å². The SMILES string of the molecule is Cc1nc(N2CCCCC2C)sc1/C=C/C(=O)O. The summed E-state index contributed by atoms with van der Waals surface area (Å²) in [7, 11) is 0. The Morgan fingerprint density at radius 3 is 3.00 bits per heavy atom. The normalized spacial score (nSPS) is 20.6. The summed E-state index contributed by atoms with van der Waals surface area (Å²) in [6.45, 7) is 5.20. The van der Waals surface area contributed by atoms with Crippen molar-refractivity contribution in [2.45, 2.75) is 39.2 Å². The van der Waals surface area contributed by atoms with Crippen molar-refractivity contribution in [3.05, 3.63) is 16.6 Å². The highest BCUT2D eigenvalue weighted by molar-refractivity contribution is 7.16. The molecule has 5 heteroatoms. The van der Waals surface area contributed by atoms with Crippen LogP contribution in [0.15, 0.2) is 6.08 Å². The lowest BCUT2D eigenvalue weighted by Crippen LogP contribution is -2.37. The van der Waals surface area contributed by atoms with Crippen molar-refractivity contribution < 1.29 is 9.90 Å². The molecular formula is C13H18N2O2S. The zero-order valence-electron chi connectivity index (χ0n) is 10.7. The summed E-state index contributed by atoms with van der Waals surface area (Å²) in [5.41, 5.74) is 0.908. The molecule has 2 rings (SSSR count). The Hall–Kier alpha value is -1.36. The maximum atomic E-state index is 10.5. The Balaban J connectivity index is 2.19. The van der Waals surface area contributed by atoms with E-state index in [1.165, 1.54) is 25.3 Å². The molecule has 1 aromatic heterocycles. The number of rotatable bonds is 3. The predicted octanol–water partition coefficient (Wildman–Crippen LogP) is 2.93. The van der Waals surface area contributed by atoms with Gasteiger partial charge >= 0.3 is 5.97 Å². The zero-order valence-corrected chi connectivity index (χ0v) is 11.5. The first kappa shape index (κ1) is 13.1. The number of anilines is 1. The number of thiazole rings is 1. The number of hydrogen-bond acceptors (Lipinski definition) is 4. The monoisotopic (exact) mass is 266 g/mol. The van der Waals surface area contributed by atoms with Crippen LogP contribution in [0.4, 0.5) is 5.13 Å². The largest absolute Gasteiger partial charge is 0.478 e. The topological polar surface area (TPSA) is 53.4 Å². The van der Waals surface area contributed by atoms with Gasteiger partial charge in [0, 0.05) is 18.7 Å². The van der Waals surface area contributed by atoms with E-state index < -0.39 is 5.97 Å². The van der Waals surface area contributed by atoms with Crippen LogP contribution in [-0.2, 0) is 4.79 Å². The van der Waals surface area contributed by atoms with Gasteiger partial charge in [-0.2, -0.15) is 0 Å². The van der Waals surface area contributed by atoms with Crippen LogP contribution >= 0.6 is 11.3 Å². The van der Waals surface area contributed by atoms with Crippen molar-refractivity contribution in [3.63, 3.8) is 0 Å². The Bertz CT molecular complexity index is 468. The molecule has 1 fully saturated rings. The minimum Gasteiger partial charge on any atom is -0.478 e. The molecule has 1 aliphatic rings. The Morgan fingerprint density at radius 2 is 2.33 bits per heavy atom. The van der Waals surface area contributed by atoms with Crippen molar-refractivity contribution in [2.24, 2.45) is 0 Å². The second-order valence-corrected chi connectivity index (χ2v) is 5.66. The van der Waals surface area contributed by atoms with Crippen LogP contribution in [0.1, 0.15) is 36.8 Å². The third kappa shape index (κ3) is 2.90. The van der Waals surface area contributed by atoms with Crippen LogP contribution in [0.5, 0.6) is 0 Å². The molecule has 0 bridgehead atoms. The Morgan fingerprint density at radius 1 is 1.56 bits per heavy atom. The second-order valence-electron chi connectivity index (χ2n) is 4.66. The first-order valence-corrected chi connectivity index (χ1v) is 7.04. The lowest BCUT2D eigenvalue weighted by Gasteiger charge is -2.33. The maximum absolute atomic E-state index is 10.5. The van der Waals surface area contributed by atoms with E-state index in [-0.39, 0.29) is 0 Å². The van der Waals surface area contributed by atoms with E-state index in [0.29, 0.717) is 6.04 Å². The fourth-order valence-corrected chi connectivity index (χ4v) is 3.30. The smallest absolute Gasteiger partial charge is 0.328 e. The number of aryl methyl sites for hydroxylation is 1. The molecule has 98 valence electrons. The van der Waals surface area contributed by atoms with E-state index in [1.54, 1.807) is 17.4 Å². The molecule has 4 nitrogen and oxygen atoms in total. The quantitative estimate of drug-likeness (QED) is 0.855. The molecule has 1 atom stereocenters.